The van der Waals surface area contributed by atoms with E-state index in [1.807, 2.05) is 26.0 Å². The van der Waals surface area contributed by atoms with E-state index in [0.717, 1.165) is 31.2 Å². The number of hydrogen-bond acceptors (Lipinski definition) is 7. The van der Waals surface area contributed by atoms with Crippen LogP contribution in [-0.4, -0.2) is 42.5 Å². The molecule has 9 nitrogen and oxygen atoms in total. The van der Waals surface area contributed by atoms with E-state index in [1.165, 1.54) is 0 Å². The zero-order chi connectivity index (χ0) is 24.8. The number of carbonyl (C=O) groups is 2. The van der Waals surface area contributed by atoms with Gasteiger partial charge < -0.3 is 36.4 Å². The molecule has 0 fully saturated rings. The van der Waals surface area contributed by atoms with Crippen LogP contribution in [-0.2, 0) is 16.0 Å². The van der Waals surface area contributed by atoms with Crippen LogP contribution in [0.15, 0.2) is 24.3 Å². The van der Waals surface area contributed by atoms with E-state index in [4.69, 9.17) is 5.11 Å². The van der Waals surface area contributed by atoms with E-state index < -0.39 is 40.6 Å². The number of aryl methyl sites for hydroxylation is 1. The highest BCUT2D eigenvalue weighted by molar-refractivity contribution is 5.85. The number of carboxylic acid groups (broad SMARTS) is 1. The van der Waals surface area contributed by atoms with E-state index in [1.54, 1.807) is 12.1 Å². The van der Waals surface area contributed by atoms with Crippen molar-refractivity contribution in [3.8, 4) is 39.9 Å². The maximum Gasteiger partial charge on any atom is 0.303 e. The van der Waals surface area contributed by atoms with Crippen molar-refractivity contribution in [1.82, 2.24) is 0 Å². The Kier molecular flexibility index (Phi) is 12.8. The number of carboxylic acids is 1. The molecule has 0 spiro atoms. The summed E-state index contributed by atoms with van der Waals surface area (Å²) < 4.78 is 0. The lowest BCUT2D eigenvalue weighted by Crippen LogP contribution is -2.12. The molecule has 2 aromatic carbocycles. The Morgan fingerprint density at radius 1 is 0.781 bits per heavy atom. The number of unbranched alkanes of at least 4 members (excludes halogenated alkanes) is 2. The second kappa shape index (κ2) is 14.4. The van der Waals surface area contributed by atoms with E-state index in [2.05, 4.69) is 12.7 Å². The summed E-state index contributed by atoms with van der Waals surface area (Å²) in [4.78, 5) is 19.6. The van der Waals surface area contributed by atoms with Crippen LogP contribution < -0.4 is 5.73 Å². The molecule has 0 unspecified atom stereocenters. The largest absolute Gasteiger partial charge is 0.504 e. The molecule has 0 aromatic heterocycles. The van der Waals surface area contributed by atoms with Gasteiger partial charge in [0.15, 0.2) is 11.5 Å². The Labute approximate surface area is 187 Å². The Hall–Kier alpha value is -3.62. The average molecular weight is 452 g/mol. The lowest BCUT2D eigenvalue weighted by molar-refractivity contribution is -0.138. The van der Waals surface area contributed by atoms with E-state index in [-0.39, 0.29) is 18.4 Å². The third-order valence-corrected chi connectivity index (χ3v) is 4.27. The fraction of sp³-hybridized carbons (Fsp3) is 0.391. The van der Waals surface area contributed by atoms with Gasteiger partial charge in [0.1, 0.15) is 0 Å². The molecular weight excluding hydrogens is 418 g/mol. The minimum absolute atomic E-state index is 0.0741. The van der Waals surface area contributed by atoms with Crippen molar-refractivity contribution in [3.05, 3.63) is 29.8 Å². The first-order valence-corrected chi connectivity index (χ1v) is 10.4. The number of phenols is 5. The second-order valence-corrected chi connectivity index (χ2v) is 6.63. The standard InChI is InChI=1S/C17H20O5.C4H7NO3.C2H6/c1-2-3-4-5-10-6-8-11(9-7-10)12-13(18)15(20)17(22)16(21)14(12)19;5-3(6)1-2-4(7)8;1-2/h6-9,18-22H,2-5H2,1H3;1-2H2,(H2,5,6)(H,7,8);1-2H3. The molecule has 0 bridgehead atoms. The highest BCUT2D eigenvalue weighted by atomic mass is 16.4. The van der Waals surface area contributed by atoms with E-state index in [9.17, 15) is 35.1 Å². The predicted molar refractivity (Wildman–Crippen MR) is 121 cm³/mol. The van der Waals surface area contributed by atoms with Gasteiger partial charge in [0.2, 0.25) is 23.2 Å². The van der Waals surface area contributed by atoms with Crippen molar-refractivity contribution in [1.29, 1.82) is 0 Å². The first-order valence-electron chi connectivity index (χ1n) is 10.4. The highest BCUT2D eigenvalue weighted by Gasteiger charge is 2.23. The number of aliphatic carboxylic acids is 1. The monoisotopic (exact) mass is 451 g/mol. The lowest BCUT2D eigenvalue weighted by Gasteiger charge is -2.13. The van der Waals surface area contributed by atoms with Crippen molar-refractivity contribution in [2.24, 2.45) is 5.73 Å². The Balaban J connectivity index is 0.000000814. The van der Waals surface area contributed by atoms with Crippen molar-refractivity contribution in [2.45, 2.75) is 59.3 Å². The van der Waals surface area contributed by atoms with Crippen molar-refractivity contribution >= 4 is 11.9 Å². The molecule has 0 saturated carbocycles. The van der Waals surface area contributed by atoms with Gasteiger partial charge in [-0.05, 0) is 24.0 Å². The van der Waals surface area contributed by atoms with Crippen molar-refractivity contribution in [2.75, 3.05) is 0 Å². The molecule has 9 heteroatoms. The fourth-order valence-electron chi connectivity index (χ4n) is 2.61. The normalized spacial score (nSPS) is 9.72. The molecule has 178 valence electrons. The Morgan fingerprint density at radius 3 is 1.62 bits per heavy atom. The highest BCUT2D eigenvalue weighted by Crippen LogP contribution is 2.54. The first-order chi connectivity index (χ1) is 15.1. The lowest BCUT2D eigenvalue weighted by atomic mass is 9.99. The number of carbonyl (C=O) groups excluding carboxylic acids is 1. The van der Waals surface area contributed by atoms with Gasteiger partial charge in [-0.3, -0.25) is 9.59 Å². The maximum absolute atomic E-state index is 9.90. The number of nitrogens with two attached hydrogens (primary N) is 1. The summed E-state index contributed by atoms with van der Waals surface area (Å²) in [5, 5.41) is 56.3. The summed E-state index contributed by atoms with van der Waals surface area (Å²) in [5.41, 5.74) is 6.08. The summed E-state index contributed by atoms with van der Waals surface area (Å²) in [6, 6.07) is 7.10. The van der Waals surface area contributed by atoms with Gasteiger partial charge in [-0.25, -0.2) is 0 Å². The van der Waals surface area contributed by atoms with E-state index in [0.29, 0.717) is 5.56 Å². The number of primary amides is 1. The molecule has 0 atom stereocenters. The Bertz CT molecular complexity index is 836. The van der Waals surface area contributed by atoms with Crippen LogP contribution in [0.4, 0.5) is 0 Å². The van der Waals surface area contributed by atoms with Crippen LogP contribution in [0.3, 0.4) is 0 Å². The number of aromatic hydroxyl groups is 5. The number of phenolic OH excluding ortho intramolecular Hbond substituents is 5. The molecule has 0 saturated heterocycles. The van der Waals surface area contributed by atoms with Gasteiger partial charge in [0, 0.05) is 6.42 Å². The molecule has 2 aromatic rings. The molecule has 2 rings (SSSR count). The SMILES string of the molecule is CC.CCCCCc1ccc(-c2c(O)c(O)c(O)c(O)c2O)cc1.NC(=O)CCC(=O)O. The van der Waals surface area contributed by atoms with Gasteiger partial charge in [0.05, 0.1) is 12.0 Å². The predicted octanol–water partition coefficient (Wildman–Crippen LogP) is 3.98. The van der Waals surface area contributed by atoms with Gasteiger partial charge >= 0.3 is 5.97 Å². The third-order valence-electron chi connectivity index (χ3n) is 4.27. The summed E-state index contributed by atoms with van der Waals surface area (Å²) in [6.45, 7) is 6.14. The molecule has 0 radical (unpaired) electrons. The fourth-order valence-corrected chi connectivity index (χ4v) is 2.61. The molecule has 0 aliphatic heterocycles. The summed E-state index contributed by atoms with van der Waals surface area (Å²) >= 11 is 0. The zero-order valence-electron chi connectivity index (χ0n) is 18.6. The van der Waals surface area contributed by atoms with Gasteiger partial charge in [-0.15, -0.1) is 0 Å². The summed E-state index contributed by atoms with van der Waals surface area (Å²) in [6.07, 6.45) is 4.09. The van der Waals surface area contributed by atoms with Gasteiger partial charge in [0.25, 0.3) is 0 Å². The zero-order valence-corrected chi connectivity index (χ0v) is 18.6. The van der Waals surface area contributed by atoms with Crippen LogP contribution in [0, 0.1) is 0 Å². The average Bonchev–Trinajstić information content (AvgIpc) is 2.78. The van der Waals surface area contributed by atoms with Crippen LogP contribution in [0.2, 0.25) is 0 Å². The number of amides is 1. The summed E-state index contributed by atoms with van der Waals surface area (Å²) in [7, 11) is 0. The van der Waals surface area contributed by atoms with Crippen LogP contribution in [0.5, 0.6) is 28.7 Å². The molecule has 0 aliphatic rings. The number of hydrogen-bond donors (Lipinski definition) is 7. The molecule has 0 aliphatic carbocycles. The quantitative estimate of drug-likeness (QED) is 0.179. The minimum Gasteiger partial charge on any atom is -0.504 e. The third kappa shape index (κ3) is 8.63. The summed E-state index contributed by atoms with van der Waals surface area (Å²) in [5.74, 6) is -5.60. The van der Waals surface area contributed by atoms with E-state index >= 15 is 0 Å². The number of benzene rings is 2. The van der Waals surface area contributed by atoms with Crippen LogP contribution in [0.25, 0.3) is 11.1 Å². The molecule has 8 N–H and O–H groups in total. The minimum atomic E-state index is -0.996. The smallest absolute Gasteiger partial charge is 0.303 e. The molecule has 32 heavy (non-hydrogen) atoms. The Morgan fingerprint density at radius 2 is 1.25 bits per heavy atom. The van der Waals surface area contributed by atoms with Gasteiger partial charge in [-0.2, -0.15) is 0 Å². The topological polar surface area (TPSA) is 182 Å². The first kappa shape index (κ1) is 28.4. The molecule has 1 amide bonds. The van der Waals surface area contributed by atoms with Crippen molar-refractivity contribution in [3.63, 3.8) is 0 Å². The number of rotatable bonds is 8. The second-order valence-electron chi connectivity index (χ2n) is 6.63. The van der Waals surface area contributed by atoms with Crippen LogP contribution >= 0.6 is 0 Å². The molecule has 0 heterocycles. The van der Waals surface area contributed by atoms with Crippen LogP contribution in [0.1, 0.15) is 58.4 Å². The van der Waals surface area contributed by atoms with Crippen molar-refractivity contribution < 1.29 is 40.2 Å². The molecular formula is C23H33NO8. The maximum atomic E-state index is 9.90. The van der Waals surface area contributed by atoms with Gasteiger partial charge in [-0.1, -0.05) is 57.9 Å².